The van der Waals surface area contributed by atoms with Gasteiger partial charge in [-0.2, -0.15) is 0 Å². The molecule has 1 N–H and O–H groups in total. The molecular formula is C25H34N2O4. The molecule has 1 aliphatic rings. The summed E-state index contributed by atoms with van der Waals surface area (Å²) in [4.78, 5) is 14.8. The van der Waals surface area contributed by atoms with Crippen LogP contribution in [0.5, 0.6) is 11.5 Å². The summed E-state index contributed by atoms with van der Waals surface area (Å²) in [5, 5.41) is 3.04. The second kappa shape index (κ2) is 10.6. The van der Waals surface area contributed by atoms with Gasteiger partial charge in [-0.15, -0.1) is 0 Å². The summed E-state index contributed by atoms with van der Waals surface area (Å²) < 4.78 is 16.5. The summed E-state index contributed by atoms with van der Waals surface area (Å²) in [7, 11) is 1.66. The van der Waals surface area contributed by atoms with E-state index in [1.807, 2.05) is 36.4 Å². The second-order valence-electron chi connectivity index (χ2n) is 8.80. The van der Waals surface area contributed by atoms with Gasteiger partial charge < -0.3 is 19.5 Å². The molecule has 1 aliphatic heterocycles. The third-order valence-electron chi connectivity index (χ3n) is 5.57. The largest absolute Gasteiger partial charge is 0.497 e. The van der Waals surface area contributed by atoms with Gasteiger partial charge in [-0.05, 0) is 40.8 Å². The van der Waals surface area contributed by atoms with Crippen molar-refractivity contribution < 1.29 is 19.0 Å². The highest BCUT2D eigenvalue weighted by atomic mass is 16.5. The van der Waals surface area contributed by atoms with Gasteiger partial charge in [-0.1, -0.05) is 45.0 Å². The first kappa shape index (κ1) is 23.1. The van der Waals surface area contributed by atoms with E-state index in [2.05, 4.69) is 43.1 Å². The first-order valence-electron chi connectivity index (χ1n) is 10.8. The standard InChI is InChI=1S/C25H34N2O4/c1-25(2,3)20-7-11-22(12-8-20)31-18-24(28)26-17-23(27-13-15-30-16-14-27)19-5-9-21(29-4)10-6-19/h5-12,23H,13-18H2,1-4H3,(H,26,28). The van der Waals surface area contributed by atoms with Crippen molar-refractivity contribution in [2.24, 2.45) is 0 Å². The lowest BCUT2D eigenvalue weighted by atomic mass is 9.87. The van der Waals surface area contributed by atoms with Crippen LogP contribution in [0.15, 0.2) is 48.5 Å². The van der Waals surface area contributed by atoms with Crippen molar-refractivity contribution in [3.8, 4) is 11.5 Å². The van der Waals surface area contributed by atoms with Crippen molar-refractivity contribution in [2.75, 3.05) is 46.6 Å². The maximum atomic E-state index is 12.5. The van der Waals surface area contributed by atoms with Gasteiger partial charge in [0.2, 0.25) is 0 Å². The summed E-state index contributed by atoms with van der Waals surface area (Å²) in [6.45, 7) is 10.1. The van der Waals surface area contributed by atoms with Crippen molar-refractivity contribution in [1.29, 1.82) is 0 Å². The maximum absolute atomic E-state index is 12.5. The van der Waals surface area contributed by atoms with E-state index in [-0.39, 0.29) is 24.0 Å². The van der Waals surface area contributed by atoms with Crippen molar-refractivity contribution in [3.63, 3.8) is 0 Å². The fourth-order valence-electron chi connectivity index (χ4n) is 3.63. The Kier molecular flexibility index (Phi) is 7.93. The molecule has 1 heterocycles. The van der Waals surface area contributed by atoms with Crippen LogP contribution in [0.4, 0.5) is 0 Å². The van der Waals surface area contributed by atoms with Crippen molar-refractivity contribution in [3.05, 3.63) is 59.7 Å². The number of rotatable bonds is 8. The maximum Gasteiger partial charge on any atom is 0.258 e. The quantitative estimate of drug-likeness (QED) is 0.699. The van der Waals surface area contributed by atoms with Gasteiger partial charge in [0.25, 0.3) is 5.91 Å². The molecule has 0 radical (unpaired) electrons. The van der Waals surface area contributed by atoms with Gasteiger partial charge in [0, 0.05) is 19.6 Å². The fraction of sp³-hybridized carbons (Fsp3) is 0.480. The van der Waals surface area contributed by atoms with Crippen molar-refractivity contribution in [1.82, 2.24) is 10.2 Å². The van der Waals surface area contributed by atoms with E-state index in [0.29, 0.717) is 25.5 Å². The normalized spacial score (nSPS) is 15.9. The summed E-state index contributed by atoms with van der Waals surface area (Å²) in [6.07, 6.45) is 0. The molecule has 1 atom stereocenters. The summed E-state index contributed by atoms with van der Waals surface area (Å²) in [5.74, 6) is 1.38. The predicted molar refractivity (Wildman–Crippen MR) is 122 cm³/mol. The van der Waals surface area contributed by atoms with Gasteiger partial charge in [-0.25, -0.2) is 0 Å². The van der Waals surface area contributed by atoms with Crippen LogP contribution in [0.3, 0.4) is 0 Å². The Morgan fingerprint density at radius 1 is 1.03 bits per heavy atom. The molecule has 3 rings (SSSR count). The van der Waals surface area contributed by atoms with E-state index in [1.54, 1.807) is 7.11 Å². The molecule has 6 nitrogen and oxygen atoms in total. The molecule has 0 saturated carbocycles. The number of benzene rings is 2. The molecule has 1 unspecified atom stereocenters. The van der Waals surface area contributed by atoms with Gasteiger partial charge in [0.1, 0.15) is 11.5 Å². The number of carbonyl (C=O) groups excluding carboxylic acids is 1. The summed E-state index contributed by atoms with van der Waals surface area (Å²) >= 11 is 0. The first-order chi connectivity index (χ1) is 14.9. The Morgan fingerprint density at radius 3 is 2.23 bits per heavy atom. The molecule has 0 bridgehead atoms. The Morgan fingerprint density at radius 2 is 1.65 bits per heavy atom. The highest BCUT2D eigenvalue weighted by Gasteiger charge is 2.23. The SMILES string of the molecule is COc1ccc(C(CNC(=O)COc2ccc(C(C)(C)C)cc2)N2CCOCC2)cc1. The van der Waals surface area contributed by atoms with Crippen LogP contribution in [-0.2, 0) is 14.9 Å². The lowest BCUT2D eigenvalue weighted by Crippen LogP contribution is -2.44. The van der Waals surface area contributed by atoms with Crippen LogP contribution in [0.2, 0.25) is 0 Å². The van der Waals surface area contributed by atoms with Crippen LogP contribution >= 0.6 is 0 Å². The molecule has 0 aromatic heterocycles. The minimum absolute atomic E-state index is 0.00664. The number of ether oxygens (including phenoxy) is 3. The monoisotopic (exact) mass is 426 g/mol. The molecule has 0 aliphatic carbocycles. The Balaban J connectivity index is 1.56. The minimum Gasteiger partial charge on any atom is -0.497 e. The van der Waals surface area contributed by atoms with Crippen LogP contribution < -0.4 is 14.8 Å². The van der Waals surface area contributed by atoms with E-state index in [4.69, 9.17) is 14.2 Å². The molecule has 2 aromatic rings. The number of hydrogen-bond donors (Lipinski definition) is 1. The average Bonchev–Trinajstić information content (AvgIpc) is 2.78. The molecule has 1 fully saturated rings. The van der Waals surface area contributed by atoms with Crippen LogP contribution in [0.25, 0.3) is 0 Å². The second-order valence-corrected chi connectivity index (χ2v) is 8.80. The Bertz CT molecular complexity index is 822. The van der Waals surface area contributed by atoms with Gasteiger partial charge in [0.15, 0.2) is 6.61 Å². The summed E-state index contributed by atoms with van der Waals surface area (Å²) in [5.41, 5.74) is 2.46. The average molecular weight is 427 g/mol. The van der Waals surface area contributed by atoms with Gasteiger partial charge >= 0.3 is 0 Å². The lowest BCUT2D eigenvalue weighted by Gasteiger charge is -2.35. The summed E-state index contributed by atoms with van der Waals surface area (Å²) in [6, 6.07) is 16.0. The molecule has 1 saturated heterocycles. The van der Waals surface area contributed by atoms with E-state index in [9.17, 15) is 4.79 Å². The van der Waals surface area contributed by atoms with E-state index in [1.165, 1.54) is 5.56 Å². The third kappa shape index (κ3) is 6.71. The zero-order valence-corrected chi connectivity index (χ0v) is 19.0. The van der Waals surface area contributed by atoms with Crippen LogP contribution in [-0.4, -0.2) is 57.4 Å². The van der Waals surface area contributed by atoms with E-state index in [0.717, 1.165) is 24.4 Å². The number of nitrogens with zero attached hydrogens (tertiary/aromatic N) is 1. The molecule has 1 amide bonds. The number of methoxy groups -OCH3 is 1. The Hall–Kier alpha value is -2.57. The van der Waals surface area contributed by atoms with Crippen LogP contribution in [0, 0.1) is 0 Å². The number of nitrogens with one attached hydrogen (secondary N) is 1. The van der Waals surface area contributed by atoms with Gasteiger partial charge in [-0.3, -0.25) is 9.69 Å². The molecule has 0 spiro atoms. The Labute approximate surface area is 185 Å². The smallest absolute Gasteiger partial charge is 0.258 e. The zero-order valence-electron chi connectivity index (χ0n) is 19.0. The fourth-order valence-corrected chi connectivity index (χ4v) is 3.63. The highest BCUT2D eigenvalue weighted by Crippen LogP contribution is 2.25. The first-order valence-corrected chi connectivity index (χ1v) is 10.8. The van der Waals surface area contributed by atoms with Crippen molar-refractivity contribution in [2.45, 2.75) is 32.2 Å². The molecule has 31 heavy (non-hydrogen) atoms. The number of amides is 1. The number of hydrogen-bond acceptors (Lipinski definition) is 5. The van der Waals surface area contributed by atoms with Crippen LogP contribution in [0.1, 0.15) is 37.9 Å². The van der Waals surface area contributed by atoms with E-state index >= 15 is 0 Å². The highest BCUT2D eigenvalue weighted by molar-refractivity contribution is 5.77. The van der Waals surface area contributed by atoms with Crippen molar-refractivity contribution >= 4 is 5.91 Å². The number of morpholine rings is 1. The van der Waals surface area contributed by atoms with E-state index < -0.39 is 0 Å². The molecule has 6 heteroatoms. The topological polar surface area (TPSA) is 60.0 Å². The zero-order chi connectivity index (χ0) is 22.3. The minimum atomic E-state index is -0.133. The molecule has 168 valence electrons. The predicted octanol–water partition coefficient (Wildman–Crippen LogP) is 3.56. The number of carbonyl (C=O) groups is 1. The molecule has 2 aromatic carbocycles. The third-order valence-corrected chi connectivity index (χ3v) is 5.57. The lowest BCUT2D eigenvalue weighted by molar-refractivity contribution is -0.123. The molecular weight excluding hydrogens is 392 g/mol. The van der Waals surface area contributed by atoms with Gasteiger partial charge in [0.05, 0.1) is 26.4 Å².